The normalized spacial score (nSPS) is 26.8. The van der Waals surface area contributed by atoms with Crippen molar-refractivity contribution in [3.63, 3.8) is 0 Å². The highest BCUT2D eigenvalue weighted by Crippen LogP contribution is 2.39. The van der Waals surface area contributed by atoms with E-state index >= 15 is 0 Å². The molecule has 1 saturated heterocycles. The SMILES string of the molecule is Cn1nncc1C1NCC1(C)C. The van der Waals surface area contributed by atoms with Gasteiger partial charge < -0.3 is 5.32 Å². The molecule has 0 bridgehead atoms. The molecule has 4 heteroatoms. The third-order valence-electron chi connectivity index (χ3n) is 2.59. The van der Waals surface area contributed by atoms with Crippen molar-refractivity contribution in [3.05, 3.63) is 11.9 Å². The summed E-state index contributed by atoms with van der Waals surface area (Å²) in [6.07, 6.45) is 1.83. The smallest absolute Gasteiger partial charge is 0.0759 e. The van der Waals surface area contributed by atoms with Crippen LogP contribution in [0.15, 0.2) is 6.20 Å². The zero-order valence-corrected chi connectivity index (χ0v) is 7.70. The van der Waals surface area contributed by atoms with E-state index in [2.05, 4.69) is 29.5 Å². The van der Waals surface area contributed by atoms with Crippen molar-refractivity contribution in [2.45, 2.75) is 19.9 Å². The summed E-state index contributed by atoms with van der Waals surface area (Å²) in [6.45, 7) is 5.57. The standard InChI is InChI=1S/C8H14N4/c1-8(2)5-9-7(8)6-4-10-11-12(6)3/h4,7,9H,5H2,1-3H3. The molecule has 1 atom stereocenters. The lowest BCUT2D eigenvalue weighted by Crippen LogP contribution is -2.53. The molecule has 0 spiro atoms. The molecule has 0 radical (unpaired) electrons. The van der Waals surface area contributed by atoms with E-state index in [-0.39, 0.29) is 0 Å². The highest BCUT2D eigenvalue weighted by Gasteiger charge is 2.40. The molecule has 1 aliphatic heterocycles. The molecule has 1 aromatic rings. The van der Waals surface area contributed by atoms with Crippen molar-refractivity contribution in [2.75, 3.05) is 6.54 Å². The second kappa shape index (κ2) is 2.29. The number of aromatic nitrogens is 3. The first kappa shape index (κ1) is 7.73. The van der Waals surface area contributed by atoms with Crippen LogP contribution >= 0.6 is 0 Å². The minimum atomic E-state index is 0.343. The molecule has 0 saturated carbocycles. The van der Waals surface area contributed by atoms with E-state index in [1.165, 1.54) is 5.69 Å². The van der Waals surface area contributed by atoms with Gasteiger partial charge in [0, 0.05) is 13.6 Å². The summed E-state index contributed by atoms with van der Waals surface area (Å²) in [5.41, 5.74) is 1.52. The number of aryl methyl sites for hydroxylation is 1. The third-order valence-corrected chi connectivity index (χ3v) is 2.59. The number of nitrogens with one attached hydrogen (secondary N) is 1. The second-order valence-electron chi connectivity index (χ2n) is 4.08. The van der Waals surface area contributed by atoms with Gasteiger partial charge >= 0.3 is 0 Å². The maximum atomic E-state index is 3.91. The van der Waals surface area contributed by atoms with Crippen molar-refractivity contribution in [2.24, 2.45) is 12.5 Å². The van der Waals surface area contributed by atoms with Crippen LogP contribution in [-0.2, 0) is 7.05 Å². The fourth-order valence-electron chi connectivity index (χ4n) is 1.68. The van der Waals surface area contributed by atoms with Crippen LogP contribution in [0.25, 0.3) is 0 Å². The van der Waals surface area contributed by atoms with Gasteiger partial charge in [-0.05, 0) is 5.41 Å². The molecule has 0 amide bonds. The van der Waals surface area contributed by atoms with Crippen molar-refractivity contribution in [1.82, 2.24) is 20.3 Å². The van der Waals surface area contributed by atoms with E-state index in [0.717, 1.165) is 6.54 Å². The van der Waals surface area contributed by atoms with Crippen LogP contribution in [0.4, 0.5) is 0 Å². The summed E-state index contributed by atoms with van der Waals surface area (Å²) in [4.78, 5) is 0. The predicted molar refractivity (Wildman–Crippen MR) is 45.5 cm³/mol. The first-order chi connectivity index (χ1) is 5.61. The van der Waals surface area contributed by atoms with Gasteiger partial charge in [0.05, 0.1) is 17.9 Å². The average molecular weight is 166 g/mol. The molecule has 0 aliphatic carbocycles. The van der Waals surface area contributed by atoms with Crippen LogP contribution in [-0.4, -0.2) is 21.5 Å². The zero-order chi connectivity index (χ0) is 8.77. The van der Waals surface area contributed by atoms with Gasteiger partial charge in [-0.1, -0.05) is 19.1 Å². The summed E-state index contributed by atoms with van der Waals surface area (Å²) < 4.78 is 1.83. The summed E-state index contributed by atoms with van der Waals surface area (Å²) in [6, 6.07) is 0.414. The topological polar surface area (TPSA) is 42.7 Å². The lowest BCUT2D eigenvalue weighted by molar-refractivity contribution is 0.121. The molecule has 1 N–H and O–H groups in total. The predicted octanol–water partition coefficient (Wildman–Crippen LogP) is 0.486. The van der Waals surface area contributed by atoms with Gasteiger partial charge in [0.15, 0.2) is 0 Å². The molecule has 1 fully saturated rings. The summed E-state index contributed by atoms with van der Waals surface area (Å²) in [5, 5.41) is 11.2. The summed E-state index contributed by atoms with van der Waals surface area (Å²) in [7, 11) is 1.93. The average Bonchev–Trinajstić information content (AvgIpc) is 2.35. The van der Waals surface area contributed by atoms with Crippen molar-refractivity contribution in [1.29, 1.82) is 0 Å². The van der Waals surface area contributed by atoms with Gasteiger partial charge in [-0.3, -0.25) is 4.68 Å². The highest BCUT2D eigenvalue weighted by molar-refractivity contribution is 5.12. The second-order valence-corrected chi connectivity index (χ2v) is 4.08. The van der Waals surface area contributed by atoms with Crippen molar-refractivity contribution >= 4 is 0 Å². The van der Waals surface area contributed by atoms with Crippen LogP contribution in [0.5, 0.6) is 0 Å². The third kappa shape index (κ3) is 0.948. The van der Waals surface area contributed by atoms with E-state index in [1.54, 1.807) is 0 Å². The first-order valence-corrected chi connectivity index (χ1v) is 4.19. The Labute approximate surface area is 72.0 Å². The van der Waals surface area contributed by atoms with Gasteiger partial charge in [0.2, 0.25) is 0 Å². The Balaban J connectivity index is 2.27. The molecule has 2 heterocycles. The largest absolute Gasteiger partial charge is 0.308 e. The quantitative estimate of drug-likeness (QED) is 0.660. The summed E-state index contributed by atoms with van der Waals surface area (Å²) >= 11 is 0. The molecule has 1 aromatic heterocycles. The Morgan fingerprint density at radius 2 is 2.42 bits per heavy atom. The number of rotatable bonds is 1. The number of nitrogens with zero attached hydrogens (tertiary/aromatic N) is 3. The molecule has 0 aromatic carbocycles. The molecular weight excluding hydrogens is 152 g/mol. The Morgan fingerprint density at radius 1 is 1.67 bits per heavy atom. The van der Waals surface area contributed by atoms with Gasteiger partial charge in [-0.15, -0.1) is 5.10 Å². The van der Waals surface area contributed by atoms with Gasteiger partial charge in [0.25, 0.3) is 0 Å². The molecule has 1 unspecified atom stereocenters. The molecular formula is C8H14N4. The Hall–Kier alpha value is -0.900. The van der Waals surface area contributed by atoms with Crippen LogP contribution in [0.2, 0.25) is 0 Å². The van der Waals surface area contributed by atoms with E-state index in [9.17, 15) is 0 Å². The lowest BCUT2D eigenvalue weighted by Gasteiger charge is -2.45. The molecule has 1 aliphatic rings. The van der Waals surface area contributed by atoms with E-state index < -0.39 is 0 Å². The van der Waals surface area contributed by atoms with Crippen molar-refractivity contribution < 1.29 is 0 Å². The fraction of sp³-hybridized carbons (Fsp3) is 0.750. The minimum Gasteiger partial charge on any atom is -0.308 e. The van der Waals surface area contributed by atoms with Gasteiger partial charge in [-0.25, -0.2) is 0 Å². The number of hydrogen-bond donors (Lipinski definition) is 1. The van der Waals surface area contributed by atoms with Gasteiger partial charge in [-0.2, -0.15) is 0 Å². The summed E-state index contributed by atoms with van der Waals surface area (Å²) in [5.74, 6) is 0. The Morgan fingerprint density at radius 3 is 2.75 bits per heavy atom. The highest BCUT2D eigenvalue weighted by atomic mass is 15.4. The maximum absolute atomic E-state index is 3.91. The molecule has 66 valence electrons. The maximum Gasteiger partial charge on any atom is 0.0759 e. The Bertz CT molecular complexity index is 289. The monoisotopic (exact) mass is 166 g/mol. The lowest BCUT2D eigenvalue weighted by atomic mass is 9.76. The minimum absolute atomic E-state index is 0.343. The first-order valence-electron chi connectivity index (χ1n) is 4.19. The van der Waals surface area contributed by atoms with Crippen LogP contribution in [0.1, 0.15) is 25.6 Å². The van der Waals surface area contributed by atoms with E-state index in [0.29, 0.717) is 11.5 Å². The van der Waals surface area contributed by atoms with Crippen LogP contribution < -0.4 is 5.32 Å². The molecule has 4 nitrogen and oxygen atoms in total. The fourth-order valence-corrected chi connectivity index (χ4v) is 1.68. The molecule has 12 heavy (non-hydrogen) atoms. The molecule has 2 rings (SSSR count). The zero-order valence-electron chi connectivity index (χ0n) is 7.70. The van der Waals surface area contributed by atoms with E-state index in [4.69, 9.17) is 0 Å². The number of hydrogen-bond acceptors (Lipinski definition) is 3. The Kier molecular flexibility index (Phi) is 1.48. The van der Waals surface area contributed by atoms with Crippen LogP contribution in [0, 0.1) is 5.41 Å². The van der Waals surface area contributed by atoms with Crippen molar-refractivity contribution in [3.8, 4) is 0 Å². The van der Waals surface area contributed by atoms with E-state index in [1.807, 2.05) is 17.9 Å². The van der Waals surface area contributed by atoms with Crippen LogP contribution in [0.3, 0.4) is 0 Å². The van der Waals surface area contributed by atoms with Gasteiger partial charge in [0.1, 0.15) is 0 Å².